The fourth-order valence-electron chi connectivity index (χ4n) is 1.27. The molecule has 0 N–H and O–H groups in total. The molecule has 14 heavy (non-hydrogen) atoms. The highest BCUT2D eigenvalue weighted by atomic mass is 16.5. The van der Waals surface area contributed by atoms with Gasteiger partial charge in [0.15, 0.2) is 0 Å². The second kappa shape index (κ2) is 4.80. The summed E-state index contributed by atoms with van der Waals surface area (Å²) in [5.74, 6) is -0.418. The summed E-state index contributed by atoms with van der Waals surface area (Å²) < 4.78 is 9.08. The first-order chi connectivity index (χ1) is 6.69. The van der Waals surface area contributed by atoms with Crippen LogP contribution in [0.4, 0.5) is 4.79 Å². The van der Waals surface area contributed by atoms with Gasteiger partial charge in [0.2, 0.25) is 0 Å². The highest BCUT2D eigenvalue weighted by molar-refractivity contribution is 5.77. The van der Waals surface area contributed by atoms with Crippen molar-refractivity contribution >= 4 is 12.1 Å². The Bertz CT molecular complexity index is 209. The number of rotatable bonds is 1. The second-order valence-corrected chi connectivity index (χ2v) is 2.86. The maximum Gasteiger partial charge on any atom is 0.409 e. The fraction of sp³-hybridized carbons (Fsp3) is 0.750. The molecule has 0 bridgehead atoms. The first kappa shape index (κ1) is 10.8. The molecule has 0 spiro atoms. The molecule has 79 valence electrons. The van der Waals surface area contributed by atoms with Crippen molar-refractivity contribution in [1.82, 2.24) is 10.2 Å². The standard InChI is InChI=1S/C8H13N2O4/c1-13-7(11)6-5-10(4-3-9-6)8(12)14-2/h6H,3-5H2,1-2H3. The van der Waals surface area contributed by atoms with Crippen molar-refractivity contribution < 1.29 is 19.1 Å². The molecule has 0 aromatic rings. The largest absolute Gasteiger partial charge is 0.468 e. The van der Waals surface area contributed by atoms with Gasteiger partial charge >= 0.3 is 12.1 Å². The van der Waals surface area contributed by atoms with Gasteiger partial charge in [-0.3, -0.25) is 4.79 Å². The van der Waals surface area contributed by atoms with Gasteiger partial charge in [0.25, 0.3) is 0 Å². The molecular weight excluding hydrogens is 188 g/mol. The fourth-order valence-corrected chi connectivity index (χ4v) is 1.27. The van der Waals surface area contributed by atoms with Crippen LogP contribution in [0.1, 0.15) is 0 Å². The molecule has 0 aromatic heterocycles. The Morgan fingerprint density at radius 1 is 1.36 bits per heavy atom. The van der Waals surface area contributed by atoms with Crippen molar-refractivity contribution in [1.29, 1.82) is 0 Å². The molecule has 1 heterocycles. The number of methoxy groups -OCH3 is 2. The van der Waals surface area contributed by atoms with Crippen LogP contribution in [0, 0.1) is 0 Å². The molecule has 1 aliphatic rings. The lowest BCUT2D eigenvalue weighted by Gasteiger charge is -2.29. The van der Waals surface area contributed by atoms with Crippen LogP contribution in [0.25, 0.3) is 0 Å². The molecule has 6 heteroatoms. The van der Waals surface area contributed by atoms with E-state index in [-0.39, 0.29) is 6.54 Å². The first-order valence-corrected chi connectivity index (χ1v) is 4.26. The van der Waals surface area contributed by atoms with Gasteiger partial charge < -0.3 is 14.4 Å². The van der Waals surface area contributed by atoms with Crippen LogP contribution in [0.15, 0.2) is 0 Å². The highest BCUT2D eigenvalue weighted by Gasteiger charge is 2.29. The maximum absolute atomic E-state index is 11.1. The van der Waals surface area contributed by atoms with Gasteiger partial charge in [-0.2, -0.15) is 0 Å². The van der Waals surface area contributed by atoms with E-state index >= 15 is 0 Å². The van der Waals surface area contributed by atoms with Crippen LogP contribution in [-0.2, 0) is 14.3 Å². The molecule has 0 saturated carbocycles. The Hall–Kier alpha value is -1.30. The Labute approximate surface area is 82.1 Å². The van der Waals surface area contributed by atoms with Crippen LogP contribution >= 0.6 is 0 Å². The van der Waals surface area contributed by atoms with Gasteiger partial charge in [-0.25, -0.2) is 10.1 Å². The third-order valence-electron chi connectivity index (χ3n) is 2.02. The topological polar surface area (TPSA) is 69.9 Å². The lowest BCUT2D eigenvalue weighted by Crippen LogP contribution is -2.52. The average molecular weight is 201 g/mol. The molecule has 1 aliphatic heterocycles. The normalized spacial score (nSPS) is 21.6. The molecule has 1 unspecified atom stereocenters. The van der Waals surface area contributed by atoms with E-state index in [1.807, 2.05) is 0 Å². The predicted molar refractivity (Wildman–Crippen MR) is 46.8 cm³/mol. The summed E-state index contributed by atoms with van der Waals surface area (Å²) in [6, 6.07) is -0.576. The number of hydrogen-bond acceptors (Lipinski definition) is 4. The lowest BCUT2D eigenvalue weighted by atomic mass is 10.2. The van der Waals surface area contributed by atoms with Crippen molar-refractivity contribution in [3.63, 3.8) is 0 Å². The SMILES string of the molecule is COC(=O)C1CN(C(=O)OC)CC[N]1. The van der Waals surface area contributed by atoms with Gasteiger partial charge in [-0.1, -0.05) is 0 Å². The molecule has 1 saturated heterocycles. The number of esters is 1. The average Bonchev–Trinajstić information content (AvgIpc) is 2.27. The summed E-state index contributed by atoms with van der Waals surface area (Å²) in [7, 11) is 2.61. The predicted octanol–water partition coefficient (Wildman–Crippen LogP) is -0.786. The summed E-state index contributed by atoms with van der Waals surface area (Å²) in [5.41, 5.74) is 0. The highest BCUT2D eigenvalue weighted by Crippen LogP contribution is 2.03. The van der Waals surface area contributed by atoms with Crippen LogP contribution in [-0.4, -0.2) is 56.9 Å². The van der Waals surface area contributed by atoms with Crippen molar-refractivity contribution in [2.75, 3.05) is 33.9 Å². The molecule has 6 nitrogen and oxygen atoms in total. The van der Waals surface area contributed by atoms with E-state index in [2.05, 4.69) is 14.8 Å². The van der Waals surface area contributed by atoms with E-state index in [0.29, 0.717) is 13.1 Å². The summed E-state index contributed by atoms with van der Waals surface area (Å²) in [6.45, 7) is 1.16. The zero-order valence-electron chi connectivity index (χ0n) is 8.23. The molecule has 1 atom stereocenters. The number of carbonyl (C=O) groups excluding carboxylic acids is 2. The van der Waals surface area contributed by atoms with Gasteiger partial charge in [0.05, 0.1) is 20.8 Å². The molecule has 1 rings (SSSR count). The van der Waals surface area contributed by atoms with Gasteiger partial charge in [0.1, 0.15) is 6.04 Å². The second-order valence-electron chi connectivity index (χ2n) is 2.86. The monoisotopic (exact) mass is 201 g/mol. The lowest BCUT2D eigenvalue weighted by molar-refractivity contribution is -0.144. The van der Waals surface area contributed by atoms with Crippen LogP contribution < -0.4 is 5.32 Å². The minimum absolute atomic E-state index is 0.235. The number of ether oxygens (including phenoxy) is 2. The zero-order chi connectivity index (χ0) is 10.6. The Balaban J connectivity index is 2.51. The smallest absolute Gasteiger partial charge is 0.409 e. The third kappa shape index (κ3) is 2.35. The number of nitrogens with zero attached hydrogens (tertiary/aromatic N) is 2. The summed E-state index contributed by atoms with van der Waals surface area (Å²) in [4.78, 5) is 23.7. The van der Waals surface area contributed by atoms with Crippen LogP contribution in [0.2, 0.25) is 0 Å². The molecule has 1 fully saturated rings. The van der Waals surface area contributed by atoms with Gasteiger partial charge in [0, 0.05) is 13.1 Å². The van der Waals surface area contributed by atoms with Crippen molar-refractivity contribution in [2.45, 2.75) is 6.04 Å². The minimum atomic E-state index is -0.576. The van der Waals surface area contributed by atoms with Crippen molar-refractivity contribution in [3.05, 3.63) is 0 Å². The number of amides is 1. The molecule has 0 aliphatic carbocycles. The van der Waals surface area contributed by atoms with Crippen molar-refractivity contribution in [3.8, 4) is 0 Å². The Kier molecular flexibility index (Phi) is 3.70. The van der Waals surface area contributed by atoms with Gasteiger partial charge in [-0.05, 0) is 0 Å². The van der Waals surface area contributed by atoms with E-state index in [1.54, 1.807) is 0 Å². The van der Waals surface area contributed by atoms with E-state index in [9.17, 15) is 9.59 Å². The number of hydrogen-bond donors (Lipinski definition) is 0. The molecule has 1 radical (unpaired) electrons. The third-order valence-corrected chi connectivity index (χ3v) is 2.02. The molecule has 0 aromatic carbocycles. The molecular formula is C8H13N2O4. The quantitative estimate of drug-likeness (QED) is 0.521. The zero-order valence-corrected chi connectivity index (χ0v) is 8.23. The summed E-state index contributed by atoms with van der Waals surface area (Å²) >= 11 is 0. The van der Waals surface area contributed by atoms with E-state index in [0.717, 1.165) is 0 Å². The van der Waals surface area contributed by atoms with E-state index in [1.165, 1.54) is 19.1 Å². The Morgan fingerprint density at radius 2 is 2.07 bits per heavy atom. The van der Waals surface area contributed by atoms with E-state index in [4.69, 9.17) is 0 Å². The van der Waals surface area contributed by atoms with E-state index < -0.39 is 18.1 Å². The van der Waals surface area contributed by atoms with Crippen molar-refractivity contribution in [2.24, 2.45) is 0 Å². The summed E-state index contributed by atoms with van der Waals surface area (Å²) in [5, 5.41) is 4.04. The van der Waals surface area contributed by atoms with Gasteiger partial charge in [-0.15, -0.1) is 0 Å². The number of piperazine rings is 1. The number of carbonyl (C=O) groups is 2. The first-order valence-electron chi connectivity index (χ1n) is 4.26. The minimum Gasteiger partial charge on any atom is -0.468 e. The Morgan fingerprint density at radius 3 is 2.64 bits per heavy atom. The summed E-state index contributed by atoms with van der Waals surface area (Å²) in [6.07, 6.45) is -0.436. The van der Waals surface area contributed by atoms with Crippen LogP contribution in [0.3, 0.4) is 0 Å². The maximum atomic E-state index is 11.1. The van der Waals surface area contributed by atoms with Crippen LogP contribution in [0.5, 0.6) is 0 Å². The molecule has 1 amide bonds.